The summed E-state index contributed by atoms with van der Waals surface area (Å²) in [5.74, 6) is 3.82. The summed E-state index contributed by atoms with van der Waals surface area (Å²) in [6.07, 6.45) is 6.89. The van der Waals surface area contributed by atoms with Crippen molar-refractivity contribution in [1.82, 2.24) is 24.6 Å². The number of hydrogen-bond acceptors (Lipinski definition) is 9. The van der Waals surface area contributed by atoms with Crippen LogP contribution < -0.4 is 15.0 Å². The molecule has 4 aromatic heterocycles. The van der Waals surface area contributed by atoms with E-state index in [-0.39, 0.29) is 6.61 Å². The van der Waals surface area contributed by atoms with Gasteiger partial charge in [-0.3, -0.25) is 0 Å². The first kappa shape index (κ1) is 26.4. The summed E-state index contributed by atoms with van der Waals surface area (Å²) in [5.41, 5.74) is 1.83. The average molecular weight is 527 g/mol. The van der Waals surface area contributed by atoms with Crippen molar-refractivity contribution in [2.24, 2.45) is 11.8 Å². The molecule has 1 aliphatic rings. The number of rotatable bonds is 7. The SMILES string of the molecule is Cc1nccc(N[C@H]2[C@H](C)CN(c3ccc(-c4cc(OCC(C)(C)O)cn5ncc(C#N)c45)cn3)C[C@@H]2C)n1. The van der Waals surface area contributed by atoms with E-state index in [1.54, 1.807) is 37.0 Å². The highest BCUT2D eigenvalue weighted by Crippen LogP contribution is 2.33. The maximum absolute atomic E-state index is 10.1. The third-order valence-electron chi connectivity index (χ3n) is 7.02. The van der Waals surface area contributed by atoms with Gasteiger partial charge < -0.3 is 20.1 Å². The van der Waals surface area contributed by atoms with Crippen LogP contribution >= 0.6 is 0 Å². The summed E-state index contributed by atoms with van der Waals surface area (Å²) >= 11 is 0. The average Bonchev–Trinajstić information content (AvgIpc) is 3.32. The maximum atomic E-state index is 10.1. The lowest BCUT2D eigenvalue weighted by atomic mass is 9.85. The van der Waals surface area contributed by atoms with Crippen molar-refractivity contribution in [3.8, 4) is 22.9 Å². The Balaban J connectivity index is 1.37. The highest BCUT2D eigenvalue weighted by Gasteiger charge is 2.33. The van der Waals surface area contributed by atoms with Gasteiger partial charge in [0.15, 0.2) is 0 Å². The highest BCUT2D eigenvalue weighted by molar-refractivity contribution is 5.85. The Morgan fingerprint density at radius 1 is 1.15 bits per heavy atom. The summed E-state index contributed by atoms with van der Waals surface area (Å²) in [6.45, 7) is 11.6. The molecule has 0 unspecified atom stereocenters. The molecule has 0 bridgehead atoms. The van der Waals surface area contributed by atoms with E-state index in [0.717, 1.165) is 41.7 Å². The number of pyridine rings is 2. The minimum Gasteiger partial charge on any atom is -0.489 e. The molecule has 0 radical (unpaired) electrons. The monoisotopic (exact) mass is 526 g/mol. The number of fused-ring (bicyclic) bond motifs is 1. The lowest BCUT2D eigenvalue weighted by Crippen LogP contribution is -2.51. The Kier molecular flexibility index (Phi) is 7.10. The topological polar surface area (TPSA) is 124 Å². The van der Waals surface area contributed by atoms with Gasteiger partial charge in [-0.15, -0.1) is 0 Å². The Hall–Kier alpha value is -4.23. The number of aliphatic hydroxyl groups is 1. The fraction of sp³-hybridized carbons (Fsp3) is 0.414. The molecular weight excluding hydrogens is 492 g/mol. The second kappa shape index (κ2) is 10.5. The Bertz CT molecular complexity index is 1490. The summed E-state index contributed by atoms with van der Waals surface area (Å²) < 4.78 is 7.49. The zero-order chi connectivity index (χ0) is 27.7. The molecule has 39 heavy (non-hydrogen) atoms. The molecule has 5 rings (SSSR count). The van der Waals surface area contributed by atoms with E-state index in [1.807, 2.05) is 37.4 Å². The Morgan fingerprint density at radius 2 is 1.92 bits per heavy atom. The molecule has 0 aliphatic carbocycles. The number of anilines is 2. The van der Waals surface area contributed by atoms with Crippen LogP contribution in [0.3, 0.4) is 0 Å². The summed E-state index contributed by atoms with van der Waals surface area (Å²) in [7, 11) is 0. The molecule has 1 aliphatic heterocycles. The van der Waals surface area contributed by atoms with E-state index in [4.69, 9.17) is 9.72 Å². The molecule has 0 saturated carbocycles. The van der Waals surface area contributed by atoms with Crippen LogP contribution in [0.5, 0.6) is 5.75 Å². The normalized spacial score (nSPS) is 19.6. The van der Waals surface area contributed by atoms with Gasteiger partial charge in [-0.2, -0.15) is 10.4 Å². The quantitative estimate of drug-likeness (QED) is 0.366. The van der Waals surface area contributed by atoms with Crippen molar-refractivity contribution in [2.75, 3.05) is 29.9 Å². The van der Waals surface area contributed by atoms with Crippen molar-refractivity contribution >= 4 is 17.2 Å². The van der Waals surface area contributed by atoms with E-state index in [2.05, 4.69) is 45.2 Å². The second-order valence-electron chi connectivity index (χ2n) is 11.1. The van der Waals surface area contributed by atoms with Crippen molar-refractivity contribution < 1.29 is 9.84 Å². The van der Waals surface area contributed by atoms with Gasteiger partial charge in [0.1, 0.15) is 35.9 Å². The number of ether oxygens (including phenoxy) is 1. The van der Waals surface area contributed by atoms with Crippen molar-refractivity contribution in [2.45, 2.75) is 46.3 Å². The second-order valence-corrected chi connectivity index (χ2v) is 11.1. The lowest BCUT2D eigenvalue weighted by Gasteiger charge is -2.42. The molecule has 0 aromatic carbocycles. The van der Waals surface area contributed by atoms with Gasteiger partial charge in [0.2, 0.25) is 0 Å². The fourth-order valence-electron chi connectivity index (χ4n) is 5.21. The predicted molar refractivity (Wildman–Crippen MR) is 150 cm³/mol. The maximum Gasteiger partial charge on any atom is 0.138 e. The molecule has 4 aromatic rings. The van der Waals surface area contributed by atoms with Crippen LogP contribution in [0, 0.1) is 30.1 Å². The molecule has 202 valence electrons. The predicted octanol–water partition coefficient (Wildman–Crippen LogP) is 4.09. The molecule has 3 atom stereocenters. The molecular formula is C29H34N8O2. The number of nitrogens with one attached hydrogen (secondary N) is 1. The van der Waals surface area contributed by atoms with E-state index in [1.165, 1.54) is 0 Å². The molecule has 0 amide bonds. The fourth-order valence-corrected chi connectivity index (χ4v) is 5.21. The first-order valence-corrected chi connectivity index (χ1v) is 13.2. The van der Waals surface area contributed by atoms with E-state index in [0.29, 0.717) is 34.7 Å². The van der Waals surface area contributed by atoms with Crippen LogP contribution in [-0.4, -0.2) is 61.0 Å². The molecule has 1 saturated heterocycles. The molecule has 5 heterocycles. The third-order valence-corrected chi connectivity index (χ3v) is 7.02. The molecule has 2 N–H and O–H groups in total. The summed E-state index contributed by atoms with van der Waals surface area (Å²) in [6, 6.07) is 10.4. The largest absolute Gasteiger partial charge is 0.489 e. The van der Waals surface area contributed by atoms with Crippen LogP contribution in [-0.2, 0) is 0 Å². The van der Waals surface area contributed by atoms with Crippen LogP contribution in [0.15, 0.2) is 49.1 Å². The minimum atomic E-state index is -0.981. The number of nitrogens with zero attached hydrogens (tertiary/aromatic N) is 7. The van der Waals surface area contributed by atoms with Crippen LogP contribution in [0.25, 0.3) is 16.6 Å². The van der Waals surface area contributed by atoms with Crippen LogP contribution in [0.4, 0.5) is 11.6 Å². The van der Waals surface area contributed by atoms with Gasteiger partial charge in [0, 0.05) is 42.7 Å². The standard InChI is InChI=1S/C29H34N8O2/c1-18-14-36(15-19(2)27(18)35-25-8-9-31-20(3)34-25)26-7-6-21(12-32-26)24-10-23(39-17-29(4,5)38)16-37-28(24)22(11-30)13-33-37/h6-10,12-13,16,18-19,27,38H,14-15,17H2,1-5H3,(H,31,34,35)/t18-,19+,27+. The van der Waals surface area contributed by atoms with E-state index in [9.17, 15) is 10.4 Å². The Morgan fingerprint density at radius 3 is 2.56 bits per heavy atom. The van der Waals surface area contributed by atoms with Crippen LogP contribution in [0.1, 0.15) is 39.1 Å². The number of nitriles is 1. The van der Waals surface area contributed by atoms with Crippen molar-refractivity contribution in [3.63, 3.8) is 0 Å². The summed E-state index contributed by atoms with van der Waals surface area (Å²) in [4.78, 5) is 15.9. The summed E-state index contributed by atoms with van der Waals surface area (Å²) in [5, 5.41) is 27.7. The van der Waals surface area contributed by atoms with Gasteiger partial charge in [-0.25, -0.2) is 19.5 Å². The van der Waals surface area contributed by atoms with Crippen molar-refractivity contribution in [3.05, 3.63) is 60.4 Å². The van der Waals surface area contributed by atoms with Gasteiger partial charge >= 0.3 is 0 Å². The number of aromatic nitrogens is 5. The highest BCUT2D eigenvalue weighted by atomic mass is 16.5. The number of aryl methyl sites for hydroxylation is 1. The number of hydrogen-bond donors (Lipinski definition) is 2. The first-order valence-electron chi connectivity index (χ1n) is 13.2. The minimum absolute atomic E-state index is 0.125. The van der Waals surface area contributed by atoms with Gasteiger partial charge in [0.25, 0.3) is 0 Å². The van der Waals surface area contributed by atoms with E-state index >= 15 is 0 Å². The lowest BCUT2D eigenvalue weighted by molar-refractivity contribution is 0.0283. The third kappa shape index (κ3) is 5.78. The number of piperidine rings is 1. The van der Waals surface area contributed by atoms with Gasteiger partial charge in [-0.05, 0) is 56.9 Å². The van der Waals surface area contributed by atoms with Gasteiger partial charge in [-0.1, -0.05) is 13.8 Å². The smallest absolute Gasteiger partial charge is 0.138 e. The molecule has 10 nitrogen and oxygen atoms in total. The zero-order valence-corrected chi connectivity index (χ0v) is 23.0. The molecule has 10 heteroatoms. The van der Waals surface area contributed by atoms with E-state index < -0.39 is 5.60 Å². The van der Waals surface area contributed by atoms with Crippen LogP contribution in [0.2, 0.25) is 0 Å². The van der Waals surface area contributed by atoms with Crippen molar-refractivity contribution in [1.29, 1.82) is 5.26 Å². The van der Waals surface area contributed by atoms with Gasteiger partial charge in [0.05, 0.1) is 29.1 Å². The first-order chi connectivity index (χ1) is 18.6. The zero-order valence-electron chi connectivity index (χ0n) is 23.0. The molecule has 1 fully saturated rings. The molecule has 0 spiro atoms. The Labute approximate surface area is 228 Å².